The van der Waals surface area contributed by atoms with Gasteiger partial charge in [0.05, 0.1) is 6.42 Å². The fourth-order valence-electron chi connectivity index (χ4n) is 6.15. The first-order chi connectivity index (χ1) is 15.0. The van der Waals surface area contributed by atoms with Crippen molar-refractivity contribution in [3.05, 3.63) is 30.0 Å². The third-order valence-electron chi connectivity index (χ3n) is 6.88. The van der Waals surface area contributed by atoms with Crippen LogP contribution in [-0.4, -0.2) is 50.5 Å². The monoisotopic (exact) mass is 441 g/mol. The number of aromatic nitrogens is 1. The molecule has 3 unspecified atom stereocenters. The summed E-state index contributed by atoms with van der Waals surface area (Å²) in [5.41, 5.74) is 2.29. The average Bonchev–Trinajstić information content (AvgIpc) is 3.17. The van der Waals surface area contributed by atoms with E-state index in [0.717, 1.165) is 36.7 Å². The molecule has 8 heteroatoms. The lowest BCUT2D eigenvalue weighted by atomic mass is 9.65. The highest BCUT2D eigenvalue weighted by Gasteiger charge is 2.52. The zero-order valence-corrected chi connectivity index (χ0v) is 18.8. The van der Waals surface area contributed by atoms with Crippen LogP contribution in [0.5, 0.6) is 0 Å². The predicted molar refractivity (Wildman–Crippen MR) is 120 cm³/mol. The Labute approximate surface area is 187 Å². The molecule has 1 amide bonds. The molecule has 32 heavy (non-hydrogen) atoms. The minimum Gasteiger partial charge on any atom is -0.481 e. The number of carbonyl (C=O) groups excluding carboxylic acids is 1. The van der Waals surface area contributed by atoms with Crippen molar-refractivity contribution in [3.63, 3.8) is 0 Å². The minimum atomic E-state index is -1.03. The van der Waals surface area contributed by atoms with Gasteiger partial charge in [-0.3, -0.25) is 19.3 Å². The lowest BCUT2D eigenvalue weighted by Gasteiger charge is -2.40. The molecule has 8 nitrogen and oxygen atoms in total. The first kappa shape index (κ1) is 22.3. The molecule has 4 N–H and O–H groups in total. The number of likely N-dealkylation sites (tertiary alicyclic amines) is 1. The largest absolute Gasteiger partial charge is 0.481 e. The second kappa shape index (κ2) is 7.92. The van der Waals surface area contributed by atoms with E-state index in [1.165, 1.54) is 0 Å². The Hall–Kier alpha value is -2.87. The molecule has 1 aromatic carbocycles. The van der Waals surface area contributed by atoms with E-state index < -0.39 is 18.0 Å². The van der Waals surface area contributed by atoms with Crippen LogP contribution in [0.1, 0.15) is 64.5 Å². The molecule has 3 atom stereocenters. The van der Waals surface area contributed by atoms with Gasteiger partial charge in [0.15, 0.2) is 0 Å². The van der Waals surface area contributed by atoms with E-state index in [1.807, 2.05) is 0 Å². The smallest absolute Gasteiger partial charge is 0.325 e. The summed E-state index contributed by atoms with van der Waals surface area (Å²) in [5, 5.41) is 22.5. The molecule has 4 rings (SSSR count). The van der Waals surface area contributed by atoms with Crippen LogP contribution in [-0.2, 0) is 14.4 Å². The van der Waals surface area contributed by atoms with Crippen molar-refractivity contribution >= 4 is 34.4 Å². The zero-order chi connectivity index (χ0) is 23.3. The fraction of sp³-hybridized carbons (Fsp3) is 0.542. The maximum atomic E-state index is 12.5. The van der Waals surface area contributed by atoms with Gasteiger partial charge in [0, 0.05) is 47.4 Å². The third kappa shape index (κ3) is 4.37. The fourth-order valence-corrected chi connectivity index (χ4v) is 6.15. The molecule has 1 aromatic heterocycles. The molecule has 1 aliphatic heterocycles. The van der Waals surface area contributed by atoms with Gasteiger partial charge in [-0.1, -0.05) is 20.8 Å². The van der Waals surface area contributed by atoms with Crippen molar-refractivity contribution in [2.24, 2.45) is 10.8 Å². The standard InChI is InChI=1S/C24H31N3O5/c1-23(2)9-15-10-24(3,12-23)13-27(15)21(22(31)32)17-11-25-18-5-4-14(8-16(17)18)26-19(28)6-7-20(29)30/h4-5,8,11,15,21,25H,6-7,9-10,12-13H2,1-3H3,(H,26,28)(H,29,30)(H,31,32). The van der Waals surface area contributed by atoms with E-state index in [2.05, 4.69) is 36.0 Å². The van der Waals surface area contributed by atoms with Gasteiger partial charge >= 0.3 is 11.9 Å². The highest BCUT2D eigenvalue weighted by Crippen LogP contribution is 2.54. The average molecular weight is 442 g/mol. The number of carboxylic acids is 2. The van der Waals surface area contributed by atoms with Gasteiger partial charge in [-0.25, -0.2) is 0 Å². The second-order valence-electron chi connectivity index (χ2n) is 10.6. The van der Waals surface area contributed by atoms with E-state index in [4.69, 9.17) is 5.11 Å². The molecule has 1 aliphatic carbocycles. The molecule has 2 aliphatic rings. The van der Waals surface area contributed by atoms with Gasteiger partial charge in [0.1, 0.15) is 6.04 Å². The summed E-state index contributed by atoms with van der Waals surface area (Å²) in [6.45, 7) is 7.54. The number of benzene rings is 1. The number of anilines is 1. The first-order valence-corrected chi connectivity index (χ1v) is 11.1. The number of H-pyrrole nitrogens is 1. The van der Waals surface area contributed by atoms with Crippen LogP contribution in [0.4, 0.5) is 5.69 Å². The second-order valence-corrected chi connectivity index (χ2v) is 10.6. The lowest BCUT2D eigenvalue weighted by Crippen LogP contribution is -2.39. The Morgan fingerprint density at radius 3 is 2.62 bits per heavy atom. The number of carbonyl (C=O) groups is 3. The Kier molecular flexibility index (Phi) is 5.53. The lowest BCUT2D eigenvalue weighted by molar-refractivity contribution is -0.144. The Morgan fingerprint density at radius 2 is 1.94 bits per heavy atom. The molecule has 0 radical (unpaired) electrons. The Bertz CT molecular complexity index is 1070. The summed E-state index contributed by atoms with van der Waals surface area (Å²) < 4.78 is 0. The predicted octanol–water partition coefficient (Wildman–Crippen LogP) is 4.00. The normalized spacial score (nSPS) is 25.5. The van der Waals surface area contributed by atoms with E-state index in [1.54, 1.807) is 24.4 Å². The van der Waals surface area contributed by atoms with Crippen LogP contribution >= 0.6 is 0 Å². The van der Waals surface area contributed by atoms with Crippen LogP contribution in [0.3, 0.4) is 0 Å². The van der Waals surface area contributed by atoms with Crippen LogP contribution < -0.4 is 5.32 Å². The van der Waals surface area contributed by atoms with Crippen molar-refractivity contribution in [2.45, 2.75) is 65.0 Å². The molecule has 2 bridgehead atoms. The number of carboxylic acid groups (broad SMARTS) is 2. The van der Waals surface area contributed by atoms with Crippen molar-refractivity contribution in [3.8, 4) is 0 Å². The molecule has 0 spiro atoms. The maximum absolute atomic E-state index is 12.5. The van der Waals surface area contributed by atoms with Gasteiger partial charge in [-0.05, 0) is 48.3 Å². The van der Waals surface area contributed by atoms with Gasteiger partial charge in [0.2, 0.25) is 5.91 Å². The summed E-state index contributed by atoms with van der Waals surface area (Å²) in [4.78, 5) is 40.6. The van der Waals surface area contributed by atoms with Gasteiger partial charge in [-0.2, -0.15) is 0 Å². The van der Waals surface area contributed by atoms with Crippen molar-refractivity contribution < 1.29 is 24.6 Å². The molecule has 1 saturated carbocycles. The maximum Gasteiger partial charge on any atom is 0.325 e. The molecule has 2 aromatic rings. The number of aliphatic carboxylic acids is 2. The molecular formula is C24H31N3O5. The molecule has 2 fully saturated rings. The molecular weight excluding hydrogens is 410 g/mol. The van der Waals surface area contributed by atoms with Crippen LogP contribution in [0.15, 0.2) is 24.4 Å². The van der Waals surface area contributed by atoms with Crippen LogP contribution in [0.2, 0.25) is 0 Å². The zero-order valence-electron chi connectivity index (χ0n) is 18.8. The van der Waals surface area contributed by atoms with E-state index in [0.29, 0.717) is 11.3 Å². The molecule has 1 saturated heterocycles. The van der Waals surface area contributed by atoms with Crippen LogP contribution in [0.25, 0.3) is 10.9 Å². The summed E-state index contributed by atoms with van der Waals surface area (Å²) >= 11 is 0. The minimum absolute atomic E-state index is 0.107. The summed E-state index contributed by atoms with van der Waals surface area (Å²) in [6, 6.07) is 4.74. The SMILES string of the molecule is CC1(C)CC2CC(C)(CN2C(C(=O)O)c2c[nH]c3ccc(NC(=O)CCC(=O)O)cc23)C1. The quantitative estimate of drug-likeness (QED) is 0.515. The highest BCUT2D eigenvalue weighted by molar-refractivity contribution is 5.96. The number of hydrogen-bond donors (Lipinski definition) is 4. The summed E-state index contributed by atoms with van der Waals surface area (Å²) in [5.74, 6) is -2.29. The number of aromatic amines is 1. The van der Waals surface area contributed by atoms with E-state index in [9.17, 15) is 19.5 Å². The van der Waals surface area contributed by atoms with Crippen molar-refractivity contribution in [1.29, 1.82) is 0 Å². The highest BCUT2D eigenvalue weighted by atomic mass is 16.4. The Balaban J connectivity index is 1.64. The first-order valence-electron chi connectivity index (χ1n) is 11.1. The number of nitrogens with zero attached hydrogens (tertiary/aromatic N) is 1. The van der Waals surface area contributed by atoms with Gasteiger partial charge < -0.3 is 20.5 Å². The van der Waals surface area contributed by atoms with E-state index in [-0.39, 0.29) is 35.6 Å². The number of hydrogen-bond acceptors (Lipinski definition) is 4. The van der Waals surface area contributed by atoms with E-state index >= 15 is 0 Å². The third-order valence-corrected chi connectivity index (χ3v) is 6.88. The van der Waals surface area contributed by atoms with Gasteiger partial charge in [0.25, 0.3) is 0 Å². The van der Waals surface area contributed by atoms with Crippen LogP contribution in [0, 0.1) is 10.8 Å². The number of amides is 1. The number of rotatable bonds is 7. The van der Waals surface area contributed by atoms with Crippen molar-refractivity contribution in [2.75, 3.05) is 11.9 Å². The summed E-state index contributed by atoms with van der Waals surface area (Å²) in [7, 11) is 0. The number of nitrogens with one attached hydrogen (secondary N) is 2. The summed E-state index contributed by atoms with van der Waals surface area (Å²) in [6.07, 6.45) is 4.47. The van der Waals surface area contributed by atoms with Crippen molar-refractivity contribution in [1.82, 2.24) is 9.88 Å². The van der Waals surface area contributed by atoms with Gasteiger partial charge in [-0.15, -0.1) is 0 Å². The molecule has 2 heterocycles. The topological polar surface area (TPSA) is 123 Å². The molecule has 172 valence electrons. The Morgan fingerprint density at radius 1 is 1.19 bits per heavy atom. The number of fused-ring (bicyclic) bond motifs is 3.